The normalized spacial score (nSPS) is 11.7. The van der Waals surface area contributed by atoms with E-state index in [1.54, 1.807) is 19.2 Å². The second-order valence-electron chi connectivity index (χ2n) is 6.19. The molecule has 1 N–H and O–H groups in total. The Hall–Kier alpha value is -2.69. The van der Waals surface area contributed by atoms with Crippen LogP contribution < -0.4 is 19.5 Å². The summed E-state index contributed by atoms with van der Waals surface area (Å²) in [5, 5.41) is 2.92. The number of hydrogen-bond donors (Lipinski definition) is 1. The Morgan fingerprint density at radius 1 is 1.00 bits per heavy atom. The average molecular weight is 357 g/mol. The molecule has 0 fully saturated rings. The molecule has 0 aliphatic heterocycles. The van der Waals surface area contributed by atoms with Crippen LogP contribution in [0, 0.1) is 0 Å². The average Bonchev–Trinajstić information content (AvgIpc) is 2.65. The molecule has 2 aromatic rings. The first kappa shape index (κ1) is 19.6. The lowest BCUT2D eigenvalue weighted by molar-refractivity contribution is -0.128. The Bertz CT molecular complexity index is 697. The highest BCUT2D eigenvalue weighted by Gasteiger charge is 2.19. The molecule has 0 aliphatic rings. The van der Waals surface area contributed by atoms with Gasteiger partial charge in [0.15, 0.2) is 17.6 Å². The summed E-state index contributed by atoms with van der Waals surface area (Å²) in [4.78, 5) is 12.5. The maximum atomic E-state index is 12.5. The van der Waals surface area contributed by atoms with E-state index in [1.807, 2.05) is 57.2 Å². The van der Waals surface area contributed by atoms with Gasteiger partial charge in [-0.2, -0.15) is 0 Å². The number of methoxy groups -OCH3 is 1. The van der Waals surface area contributed by atoms with Gasteiger partial charge in [-0.3, -0.25) is 4.79 Å². The molecule has 0 radical (unpaired) electrons. The predicted molar refractivity (Wildman–Crippen MR) is 102 cm³/mol. The molecular formula is C21H27NO4. The van der Waals surface area contributed by atoms with E-state index in [-0.39, 0.29) is 12.0 Å². The number of rotatable bonds is 9. The van der Waals surface area contributed by atoms with Gasteiger partial charge in [-0.1, -0.05) is 31.2 Å². The lowest BCUT2D eigenvalue weighted by atomic mass is 10.2. The molecular weight excluding hydrogens is 330 g/mol. The van der Waals surface area contributed by atoms with E-state index < -0.39 is 6.10 Å². The molecule has 2 rings (SSSR count). The fourth-order valence-electron chi connectivity index (χ4n) is 2.45. The van der Waals surface area contributed by atoms with Gasteiger partial charge in [0.25, 0.3) is 5.91 Å². The number of carbonyl (C=O) groups is 1. The molecule has 0 spiro atoms. The summed E-state index contributed by atoms with van der Waals surface area (Å²) in [5.74, 6) is 1.84. The van der Waals surface area contributed by atoms with Crippen molar-refractivity contribution < 1.29 is 19.0 Å². The van der Waals surface area contributed by atoms with E-state index in [4.69, 9.17) is 14.2 Å². The molecule has 5 heteroatoms. The summed E-state index contributed by atoms with van der Waals surface area (Å²) < 4.78 is 16.7. The van der Waals surface area contributed by atoms with Gasteiger partial charge in [-0.05, 0) is 50.1 Å². The minimum absolute atomic E-state index is 0.137. The van der Waals surface area contributed by atoms with Crippen LogP contribution in [0.15, 0.2) is 48.5 Å². The smallest absolute Gasteiger partial charge is 0.261 e. The summed E-state index contributed by atoms with van der Waals surface area (Å²) in [7, 11) is 1.58. The highest BCUT2D eigenvalue weighted by molar-refractivity contribution is 5.81. The molecule has 0 saturated heterocycles. The van der Waals surface area contributed by atoms with Gasteiger partial charge in [0, 0.05) is 6.54 Å². The van der Waals surface area contributed by atoms with Gasteiger partial charge in [-0.15, -0.1) is 0 Å². The number of ether oxygens (including phenoxy) is 3. The Kier molecular flexibility index (Phi) is 7.33. The van der Waals surface area contributed by atoms with Crippen LogP contribution in [0.4, 0.5) is 0 Å². The minimum Gasteiger partial charge on any atom is -0.493 e. The molecule has 0 heterocycles. The van der Waals surface area contributed by atoms with Crippen LogP contribution in [0.25, 0.3) is 0 Å². The number of nitrogens with one attached hydrogen (secondary N) is 1. The minimum atomic E-state index is -0.574. The Morgan fingerprint density at radius 2 is 1.65 bits per heavy atom. The highest BCUT2D eigenvalue weighted by atomic mass is 16.5. The van der Waals surface area contributed by atoms with Gasteiger partial charge in [0.1, 0.15) is 5.75 Å². The zero-order chi connectivity index (χ0) is 18.9. The van der Waals surface area contributed by atoms with Crippen molar-refractivity contribution in [3.63, 3.8) is 0 Å². The van der Waals surface area contributed by atoms with Crippen molar-refractivity contribution in [2.75, 3.05) is 7.11 Å². The fraction of sp³-hybridized carbons (Fsp3) is 0.381. The lowest BCUT2D eigenvalue weighted by Crippen LogP contribution is -2.37. The maximum Gasteiger partial charge on any atom is 0.261 e. The summed E-state index contributed by atoms with van der Waals surface area (Å²) in [6.45, 7) is 6.33. The third-order valence-corrected chi connectivity index (χ3v) is 3.76. The van der Waals surface area contributed by atoms with Gasteiger partial charge in [0.05, 0.1) is 13.2 Å². The van der Waals surface area contributed by atoms with Crippen LogP contribution in [0.5, 0.6) is 17.2 Å². The van der Waals surface area contributed by atoms with E-state index in [0.29, 0.717) is 24.5 Å². The van der Waals surface area contributed by atoms with Crippen molar-refractivity contribution in [3.05, 3.63) is 54.1 Å². The Morgan fingerprint density at radius 3 is 2.23 bits per heavy atom. The van der Waals surface area contributed by atoms with Crippen molar-refractivity contribution >= 4 is 5.91 Å². The van der Waals surface area contributed by atoms with E-state index in [2.05, 4.69) is 5.32 Å². The lowest BCUT2D eigenvalue weighted by Gasteiger charge is -2.19. The molecule has 1 amide bonds. The monoisotopic (exact) mass is 357 g/mol. The van der Waals surface area contributed by atoms with E-state index in [0.717, 1.165) is 11.3 Å². The van der Waals surface area contributed by atoms with Crippen molar-refractivity contribution in [2.45, 2.75) is 45.9 Å². The van der Waals surface area contributed by atoms with Crippen LogP contribution in [0.2, 0.25) is 0 Å². The van der Waals surface area contributed by atoms with E-state index >= 15 is 0 Å². The van der Waals surface area contributed by atoms with Crippen molar-refractivity contribution in [3.8, 4) is 17.2 Å². The number of hydrogen-bond acceptors (Lipinski definition) is 4. The quantitative estimate of drug-likeness (QED) is 0.738. The summed E-state index contributed by atoms with van der Waals surface area (Å²) >= 11 is 0. The second-order valence-corrected chi connectivity index (χ2v) is 6.19. The molecule has 0 aliphatic carbocycles. The molecule has 0 saturated carbocycles. The first-order valence-electron chi connectivity index (χ1n) is 8.86. The molecule has 0 unspecified atom stereocenters. The van der Waals surface area contributed by atoms with Crippen LogP contribution in [0.3, 0.4) is 0 Å². The molecule has 140 valence electrons. The topological polar surface area (TPSA) is 56.8 Å². The highest BCUT2D eigenvalue weighted by Crippen LogP contribution is 2.27. The van der Waals surface area contributed by atoms with Crippen LogP contribution in [0.1, 0.15) is 32.8 Å². The third-order valence-electron chi connectivity index (χ3n) is 3.76. The molecule has 1 atom stereocenters. The van der Waals surface area contributed by atoms with E-state index in [9.17, 15) is 4.79 Å². The van der Waals surface area contributed by atoms with Crippen LogP contribution in [-0.2, 0) is 11.3 Å². The van der Waals surface area contributed by atoms with Crippen LogP contribution >= 0.6 is 0 Å². The maximum absolute atomic E-state index is 12.5. The van der Waals surface area contributed by atoms with Gasteiger partial charge < -0.3 is 19.5 Å². The number of para-hydroxylation sites is 2. The molecule has 26 heavy (non-hydrogen) atoms. The van der Waals surface area contributed by atoms with E-state index in [1.165, 1.54) is 0 Å². The zero-order valence-corrected chi connectivity index (χ0v) is 15.8. The summed E-state index contributed by atoms with van der Waals surface area (Å²) in [5.41, 5.74) is 1.00. The fourth-order valence-corrected chi connectivity index (χ4v) is 2.45. The number of carbonyl (C=O) groups excluding carboxylic acids is 1. The zero-order valence-electron chi connectivity index (χ0n) is 15.8. The summed E-state index contributed by atoms with van der Waals surface area (Å²) in [6.07, 6.45) is 0.123. The first-order chi connectivity index (χ1) is 12.5. The molecule has 0 aromatic heterocycles. The SMILES string of the molecule is CC[C@H](Oc1ccccc1OC)C(=O)NCc1ccc(OC(C)C)cc1. The molecule has 0 bridgehead atoms. The van der Waals surface area contributed by atoms with Gasteiger partial charge in [0.2, 0.25) is 0 Å². The van der Waals surface area contributed by atoms with Gasteiger partial charge >= 0.3 is 0 Å². The van der Waals surface area contributed by atoms with Crippen molar-refractivity contribution in [1.29, 1.82) is 0 Å². The number of amides is 1. The third kappa shape index (κ3) is 5.69. The Labute approximate surface area is 155 Å². The van der Waals surface area contributed by atoms with Gasteiger partial charge in [-0.25, -0.2) is 0 Å². The predicted octanol–water partition coefficient (Wildman–Crippen LogP) is 3.96. The number of benzene rings is 2. The second kappa shape index (κ2) is 9.70. The molecule has 2 aromatic carbocycles. The first-order valence-corrected chi connectivity index (χ1v) is 8.86. The largest absolute Gasteiger partial charge is 0.493 e. The Balaban J connectivity index is 1.92. The van der Waals surface area contributed by atoms with Crippen molar-refractivity contribution in [1.82, 2.24) is 5.32 Å². The standard InChI is InChI=1S/C21H27NO4/c1-5-18(26-20-9-7-6-8-19(20)24-4)21(23)22-14-16-10-12-17(13-11-16)25-15(2)3/h6-13,15,18H,5,14H2,1-4H3,(H,22,23)/t18-/m0/s1. The van der Waals surface area contributed by atoms with Crippen molar-refractivity contribution in [2.24, 2.45) is 0 Å². The molecule has 5 nitrogen and oxygen atoms in total. The van der Waals surface area contributed by atoms with Crippen LogP contribution in [-0.4, -0.2) is 25.2 Å². The summed E-state index contributed by atoms with van der Waals surface area (Å²) in [6, 6.07) is 15.0.